The van der Waals surface area contributed by atoms with E-state index in [1.54, 1.807) is 0 Å². The van der Waals surface area contributed by atoms with Crippen LogP contribution < -0.4 is 10.8 Å². The average Bonchev–Trinajstić information content (AvgIpc) is 2.76. The van der Waals surface area contributed by atoms with Crippen LogP contribution in [0.4, 0.5) is 10.3 Å². The quantitative estimate of drug-likeness (QED) is 0.865. The van der Waals surface area contributed by atoms with Crippen molar-refractivity contribution in [1.29, 1.82) is 0 Å². The Balaban J connectivity index is 1.70. The third kappa shape index (κ3) is 3.55. The summed E-state index contributed by atoms with van der Waals surface area (Å²) in [6.07, 6.45) is 3.08. The second kappa shape index (κ2) is 6.20. The van der Waals surface area contributed by atoms with Crippen molar-refractivity contribution in [2.45, 2.75) is 38.9 Å². The maximum absolute atomic E-state index is 13.2. The van der Waals surface area contributed by atoms with Crippen LogP contribution in [0.5, 0.6) is 0 Å². The highest BCUT2D eigenvalue weighted by molar-refractivity contribution is 6.61. The van der Waals surface area contributed by atoms with Crippen molar-refractivity contribution < 1.29 is 18.5 Å². The summed E-state index contributed by atoms with van der Waals surface area (Å²) in [5, 5.41) is 2.53. The second-order valence-electron chi connectivity index (χ2n) is 6.89. The van der Waals surface area contributed by atoms with E-state index in [4.69, 9.17) is 9.31 Å². The van der Waals surface area contributed by atoms with E-state index in [2.05, 4.69) is 15.3 Å². The SMILES string of the molecule is CC1(C)OB(c2cnc(NC(=O)c3cccc(F)c3)nc2)OC1(C)C. The molecule has 0 radical (unpaired) electrons. The Morgan fingerprint density at radius 1 is 1.12 bits per heavy atom. The normalized spacial score (nSPS) is 18.2. The van der Waals surface area contributed by atoms with Crippen molar-refractivity contribution in [2.24, 2.45) is 0 Å². The van der Waals surface area contributed by atoms with Crippen molar-refractivity contribution in [1.82, 2.24) is 9.97 Å². The van der Waals surface area contributed by atoms with Crippen LogP contribution >= 0.6 is 0 Å². The number of rotatable bonds is 3. The van der Waals surface area contributed by atoms with Gasteiger partial charge in [-0.2, -0.15) is 0 Å². The molecule has 0 bridgehead atoms. The van der Waals surface area contributed by atoms with Gasteiger partial charge in [0.25, 0.3) is 5.91 Å². The number of hydrogen-bond acceptors (Lipinski definition) is 5. The van der Waals surface area contributed by atoms with Gasteiger partial charge in [-0.3, -0.25) is 10.1 Å². The van der Waals surface area contributed by atoms with Crippen molar-refractivity contribution in [3.05, 3.63) is 48.0 Å². The fraction of sp³-hybridized carbons (Fsp3) is 0.353. The predicted octanol–water partition coefficient (Wildman–Crippen LogP) is 2.17. The Morgan fingerprint density at radius 3 is 2.28 bits per heavy atom. The first-order valence-electron chi connectivity index (χ1n) is 7.92. The van der Waals surface area contributed by atoms with E-state index in [1.165, 1.54) is 30.6 Å². The van der Waals surface area contributed by atoms with Crippen molar-refractivity contribution >= 4 is 24.4 Å². The van der Waals surface area contributed by atoms with E-state index in [0.717, 1.165) is 6.07 Å². The van der Waals surface area contributed by atoms with Gasteiger partial charge < -0.3 is 9.31 Å². The molecule has 2 aromatic rings. The van der Waals surface area contributed by atoms with Crippen molar-refractivity contribution in [3.63, 3.8) is 0 Å². The zero-order valence-corrected chi connectivity index (χ0v) is 14.5. The van der Waals surface area contributed by atoms with Gasteiger partial charge in [0.2, 0.25) is 5.95 Å². The van der Waals surface area contributed by atoms with Gasteiger partial charge in [-0.25, -0.2) is 14.4 Å². The maximum Gasteiger partial charge on any atom is 0.498 e. The topological polar surface area (TPSA) is 73.3 Å². The van der Waals surface area contributed by atoms with Gasteiger partial charge in [-0.1, -0.05) is 6.07 Å². The second-order valence-corrected chi connectivity index (χ2v) is 6.89. The highest BCUT2D eigenvalue weighted by Crippen LogP contribution is 2.36. The van der Waals surface area contributed by atoms with E-state index < -0.39 is 30.0 Å². The first-order valence-corrected chi connectivity index (χ1v) is 7.92. The van der Waals surface area contributed by atoms with Crippen LogP contribution in [0.2, 0.25) is 0 Å². The molecule has 1 fully saturated rings. The number of nitrogens with one attached hydrogen (secondary N) is 1. The van der Waals surface area contributed by atoms with Gasteiger partial charge in [-0.15, -0.1) is 0 Å². The Morgan fingerprint density at radius 2 is 1.72 bits per heavy atom. The molecule has 130 valence electrons. The Bertz CT molecular complexity index is 780. The number of aromatic nitrogens is 2. The first kappa shape index (κ1) is 17.5. The number of nitrogens with zero attached hydrogens (tertiary/aromatic N) is 2. The molecule has 25 heavy (non-hydrogen) atoms. The summed E-state index contributed by atoms with van der Waals surface area (Å²) in [5.41, 5.74) is -0.0646. The minimum Gasteiger partial charge on any atom is -0.399 e. The third-order valence-corrected chi connectivity index (χ3v) is 4.51. The summed E-state index contributed by atoms with van der Waals surface area (Å²) >= 11 is 0. The van der Waals surface area contributed by atoms with E-state index >= 15 is 0 Å². The molecular formula is C17H19BFN3O3. The lowest BCUT2D eigenvalue weighted by Gasteiger charge is -2.32. The van der Waals surface area contributed by atoms with E-state index in [-0.39, 0.29) is 11.5 Å². The molecule has 3 rings (SSSR count). The van der Waals surface area contributed by atoms with Crippen LogP contribution in [-0.2, 0) is 9.31 Å². The molecule has 2 heterocycles. The Kier molecular flexibility index (Phi) is 4.34. The number of benzene rings is 1. The molecule has 1 amide bonds. The van der Waals surface area contributed by atoms with Crippen LogP contribution in [0.15, 0.2) is 36.7 Å². The van der Waals surface area contributed by atoms with Crippen LogP contribution in [-0.4, -0.2) is 34.2 Å². The highest BCUT2D eigenvalue weighted by atomic mass is 19.1. The lowest BCUT2D eigenvalue weighted by Crippen LogP contribution is -2.41. The third-order valence-electron chi connectivity index (χ3n) is 4.51. The van der Waals surface area contributed by atoms with E-state index in [0.29, 0.717) is 5.46 Å². The smallest absolute Gasteiger partial charge is 0.399 e. The van der Waals surface area contributed by atoms with Crippen LogP contribution in [0.3, 0.4) is 0 Å². The average molecular weight is 343 g/mol. The summed E-state index contributed by atoms with van der Waals surface area (Å²) < 4.78 is 25.0. The molecule has 1 aromatic carbocycles. The maximum atomic E-state index is 13.2. The number of carbonyl (C=O) groups is 1. The highest BCUT2D eigenvalue weighted by Gasteiger charge is 2.51. The number of hydrogen-bond donors (Lipinski definition) is 1. The fourth-order valence-electron chi connectivity index (χ4n) is 2.31. The number of anilines is 1. The summed E-state index contributed by atoms with van der Waals surface area (Å²) in [5.74, 6) is -0.845. The molecule has 1 aliphatic rings. The Hall–Kier alpha value is -2.32. The monoisotopic (exact) mass is 343 g/mol. The minimum atomic E-state index is -0.571. The number of amides is 1. The van der Waals surface area contributed by atoms with Crippen molar-refractivity contribution in [2.75, 3.05) is 5.32 Å². The summed E-state index contributed by atoms with van der Waals surface area (Å²) in [6, 6.07) is 5.39. The van der Waals surface area contributed by atoms with Gasteiger partial charge in [-0.05, 0) is 45.9 Å². The number of halogens is 1. The van der Waals surface area contributed by atoms with E-state index in [9.17, 15) is 9.18 Å². The minimum absolute atomic E-state index is 0.120. The number of carbonyl (C=O) groups excluding carboxylic acids is 1. The van der Waals surface area contributed by atoms with Crippen LogP contribution in [0.25, 0.3) is 0 Å². The van der Waals surface area contributed by atoms with Gasteiger partial charge >= 0.3 is 7.12 Å². The zero-order chi connectivity index (χ0) is 18.2. The zero-order valence-electron chi connectivity index (χ0n) is 14.5. The first-order chi connectivity index (χ1) is 11.7. The molecule has 1 aliphatic heterocycles. The molecule has 0 saturated carbocycles. The molecular weight excluding hydrogens is 324 g/mol. The van der Waals surface area contributed by atoms with Gasteiger partial charge in [0, 0.05) is 23.4 Å². The molecule has 0 aliphatic carbocycles. The summed E-state index contributed by atoms with van der Waals surface area (Å²) in [7, 11) is -0.571. The molecule has 1 saturated heterocycles. The molecule has 8 heteroatoms. The standard InChI is InChI=1S/C17H19BFN3O3/c1-16(2)17(3,4)25-18(24-16)12-9-20-15(21-10-12)22-14(23)11-6-5-7-13(19)8-11/h5-10H,1-4H3,(H,20,21,22,23). The van der Waals surface area contributed by atoms with Crippen LogP contribution in [0, 0.1) is 5.82 Å². The molecule has 0 unspecified atom stereocenters. The molecule has 0 atom stereocenters. The van der Waals surface area contributed by atoms with Gasteiger partial charge in [0.1, 0.15) is 5.82 Å². The Labute approximate surface area is 145 Å². The van der Waals surface area contributed by atoms with Gasteiger partial charge in [0.05, 0.1) is 11.2 Å². The summed E-state index contributed by atoms with van der Waals surface area (Å²) in [4.78, 5) is 20.3. The molecule has 0 spiro atoms. The fourth-order valence-corrected chi connectivity index (χ4v) is 2.31. The van der Waals surface area contributed by atoms with Crippen molar-refractivity contribution in [3.8, 4) is 0 Å². The molecule has 1 N–H and O–H groups in total. The van der Waals surface area contributed by atoms with Gasteiger partial charge in [0.15, 0.2) is 0 Å². The lowest BCUT2D eigenvalue weighted by molar-refractivity contribution is 0.00578. The molecule has 6 nitrogen and oxygen atoms in total. The largest absolute Gasteiger partial charge is 0.498 e. The summed E-state index contributed by atoms with van der Waals surface area (Å²) in [6.45, 7) is 7.84. The predicted molar refractivity (Wildman–Crippen MR) is 92.1 cm³/mol. The molecule has 1 aromatic heterocycles. The van der Waals surface area contributed by atoms with E-state index in [1.807, 2.05) is 27.7 Å². The van der Waals surface area contributed by atoms with Crippen LogP contribution in [0.1, 0.15) is 38.1 Å². The lowest BCUT2D eigenvalue weighted by atomic mass is 9.81.